The van der Waals surface area contributed by atoms with Gasteiger partial charge in [-0.15, -0.1) is 0 Å². The zero-order chi connectivity index (χ0) is 11.3. The fraction of sp³-hybridized carbons (Fsp3) is 0.100. The molecular weight excluding hydrogens is 237 g/mol. The van der Waals surface area contributed by atoms with Crippen LogP contribution < -0.4 is 4.90 Å². The first kappa shape index (κ1) is 11.9. The molecule has 0 aliphatic heterocycles. The molecule has 0 fully saturated rings. The van der Waals surface area contributed by atoms with E-state index >= 15 is 0 Å². The van der Waals surface area contributed by atoms with Gasteiger partial charge in [-0.2, -0.15) is 0 Å². The van der Waals surface area contributed by atoms with Crippen molar-refractivity contribution in [2.45, 2.75) is 0 Å². The Balaban J connectivity index is 2.93. The third-order valence-corrected chi connectivity index (χ3v) is 2.14. The van der Waals surface area contributed by atoms with E-state index in [1.54, 1.807) is 24.3 Å². The van der Waals surface area contributed by atoms with E-state index in [1.165, 1.54) is 11.6 Å². The summed E-state index contributed by atoms with van der Waals surface area (Å²) in [6, 6.07) is 6.63. The highest BCUT2D eigenvalue weighted by Crippen LogP contribution is 2.19. The standard InChI is InChI=1S/C10H9Cl2NO2/c11-5-2-6-13(10(14)15)9-4-1-3-8(12)7-9/h1-5,7H,6H2,(H,14,15). The molecule has 1 aromatic rings. The average molecular weight is 246 g/mol. The number of hydrogen-bond donors (Lipinski definition) is 1. The lowest BCUT2D eigenvalue weighted by molar-refractivity contribution is 0.202. The molecule has 3 nitrogen and oxygen atoms in total. The van der Waals surface area contributed by atoms with Crippen LogP contribution in [0.1, 0.15) is 0 Å². The molecule has 0 aliphatic rings. The van der Waals surface area contributed by atoms with Gasteiger partial charge in [0.05, 0.1) is 0 Å². The fourth-order valence-corrected chi connectivity index (χ4v) is 1.35. The Morgan fingerprint density at radius 2 is 2.27 bits per heavy atom. The predicted molar refractivity (Wildman–Crippen MR) is 61.8 cm³/mol. The molecule has 0 saturated carbocycles. The molecule has 1 aromatic carbocycles. The quantitative estimate of drug-likeness (QED) is 0.885. The molecule has 0 bridgehead atoms. The Hall–Kier alpha value is -1.19. The van der Waals surface area contributed by atoms with Gasteiger partial charge in [-0.25, -0.2) is 4.79 Å². The summed E-state index contributed by atoms with van der Waals surface area (Å²) in [5.74, 6) is 0. The Morgan fingerprint density at radius 1 is 1.53 bits per heavy atom. The van der Waals surface area contributed by atoms with Crippen LogP contribution in [0.3, 0.4) is 0 Å². The maximum absolute atomic E-state index is 10.9. The zero-order valence-corrected chi connectivity index (χ0v) is 9.24. The van der Waals surface area contributed by atoms with Gasteiger partial charge < -0.3 is 5.11 Å². The molecule has 0 unspecified atom stereocenters. The van der Waals surface area contributed by atoms with Crippen LogP contribution in [0.15, 0.2) is 35.9 Å². The van der Waals surface area contributed by atoms with Crippen LogP contribution in [0.2, 0.25) is 5.02 Å². The molecule has 1 amide bonds. The topological polar surface area (TPSA) is 40.5 Å². The third kappa shape index (κ3) is 3.46. The molecule has 0 aromatic heterocycles. The fourth-order valence-electron chi connectivity index (χ4n) is 1.08. The average Bonchev–Trinajstić information content (AvgIpc) is 2.18. The van der Waals surface area contributed by atoms with E-state index in [2.05, 4.69) is 0 Å². The summed E-state index contributed by atoms with van der Waals surface area (Å²) in [5.41, 5.74) is 1.80. The third-order valence-electron chi connectivity index (χ3n) is 1.73. The summed E-state index contributed by atoms with van der Waals surface area (Å²) < 4.78 is 0. The number of amides is 1. The van der Waals surface area contributed by atoms with Crippen molar-refractivity contribution < 1.29 is 9.90 Å². The van der Waals surface area contributed by atoms with E-state index in [1.807, 2.05) is 0 Å². The number of carbonyl (C=O) groups is 1. The van der Waals surface area contributed by atoms with E-state index in [-0.39, 0.29) is 6.54 Å². The lowest BCUT2D eigenvalue weighted by Gasteiger charge is -2.17. The van der Waals surface area contributed by atoms with Gasteiger partial charge in [0.2, 0.25) is 0 Å². The highest BCUT2D eigenvalue weighted by molar-refractivity contribution is 6.30. The molecular formula is C10H9Cl2NO2. The molecule has 1 rings (SSSR count). The molecule has 0 aliphatic carbocycles. The summed E-state index contributed by atoms with van der Waals surface area (Å²) in [6.45, 7) is 0.194. The van der Waals surface area contributed by atoms with E-state index in [0.717, 1.165) is 4.90 Å². The minimum Gasteiger partial charge on any atom is -0.465 e. The number of nitrogens with zero attached hydrogens (tertiary/aromatic N) is 1. The SMILES string of the molecule is O=C(O)N(CC=CCl)c1cccc(Cl)c1. The van der Waals surface area contributed by atoms with E-state index in [4.69, 9.17) is 28.3 Å². The minimum atomic E-state index is -1.05. The molecule has 80 valence electrons. The first-order valence-electron chi connectivity index (χ1n) is 4.16. The second-order valence-corrected chi connectivity index (χ2v) is 3.42. The Bertz CT molecular complexity index is 379. The van der Waals surface area contributed by atoms with E-state index < -0.39 is 6.09 Å². The van der Waals surface area contributed by atoms with E-state index in [0.29, 0.717) is 10.7 Å². The number of benzene rings is 1. The van der Waals surface area contributed by atoms with Gasteiger partial charge in [-0.3, -0.25) is 4.90 Å². The zero-order valence-electron chi connectivity index (χ0n) is 7.73. The number of halogens is 2. The monoisotopic (exact) mass is 245 g/mol. The van der Waals surface area contributed by atoms with Crippen LogP contribution in [-0.2, 0) is 0 Å². The van der Waals surface area contributed by atoms with Crippen LogP contribution in [-0.4, -0.2) is 17.7 Å². The van der Waals surface area contributed by atoms with Gasteiger partial charge in [0.15, 0.2) is 0 Å². The van der Waals surface area contributed by atoms with Crippen molar-refractivity contribution >= 4 is 35.0 Å². The summed E-state index contributed by atoms with van der Waals surface area (Å²) in [5, 5.41) is 9.44. The maximum Gasteiger partial charge on any atom is 0.412 e. The van der Waals surface area contributed by atoms with Crippen molar-refractivity contribution in [1.29, 1.82) is 0 Å². The van der Waals surface area contributed by atoms with Crippen molar-refractivity contribution in [3.63, 3.8) is 0 Å². The number of hydrogen-bond acceptors (Lipinski definition) is 1. The molecule has 5 heteroatoms. The van der Waals surface area contributed by atoms with Crippen LogP contribution in [0.25, 0.3) is 0 Å². The van der Waals surface area contributed by atoms with Crippen molar-refractivity contribution in [3.05, 3.63) is 40.9 Å². The molecule has 0 atom stereocenters. The Morgan fingerprint density at radius 3 is 2.80 bits per heavy atom. The van der Waals surface area contributed by atoms with Crippen molar-refractivity contribution in [1.82, 2.24) is 0 Å². The maximum atomic E-state index is 10.9. The van der Waals surface area contributed by atoms with E-state index in [9.17, 15) is 4.79 Å². The minimum absolute atomic E-state index is 0.194. The second kappa shape index (κ2) is 5.63. The van der Waals surface area contributed by atoms with Gasteiger partial charge in [0.1, 0.15) is 0 Å². The molecule has 1 N–H and O–H groups in total. The molecule has 0 heterocycles. The second-order valence-electron chi connectivity index (χ2n) is 2.73. The van der Waals surface area contributed by atoms with Gasteiger partial charge in [-0.1, -0.05) is 35.3 Å². The van der Waals surface area contributed by atoms with Crippen molar-refractivity contribution in [2.24, 2.45) is 0 Å². The van der Waals surface area contributed by atoms with Crippen molar-refractivity contribution in [2.75, 3.05) is 11.4 Å². The van der Waals surface area contributed by atoms with Gasteiger partial charge in [0, 0.05) is 22.8 Å². The van der Waals surface area contributed by atoms with Gasteiger partial charge in [0.25, 0.3) is 0 Å². The number of anilines is 1. The smallest absolute Gasteiger partial charge is 0.412 e. The highest BCUT2D eigenvalue weighted by atomic mass is 35.5. The lowest BCUT2D eigenvalue weighted by Crippen LogP contribution is -2.29. The molecule has 0 saturated heterocycles. The first-order chi connectivity index (χ1) is 7.15. The van der Waals surface area contributed by atoms with Gasteiger partial charge in [-0.05, 0) is 18.2 Å². The van der Waals surface area contributed by atoms with Crippen LogP contribution in [0, 0.1) is 0 Å². The normalized spacial score (nSPS) is 10.5. The number of rotatable bonds is 3. The van der Waals surface area contributed by atoms with Crippen LogP contribution >= 0.6 is 23.2 Å². The summed E-state index contributed by atoms with van der Waals surface area (Å²) in [6.07, 6.45) is 0.489. The lowest BCUT2D eigenvalue weighted by atomic mass is 10.3. The summed E-state index contributed by atoms with van der Waals surface area (Å²) in [7, 11) is 0. The van der Waals surface area contributed by atoms with Crippen LogP contribution in [0.5, 0.6) is 0 Å². The Labute approximate surface area is 97.5 Å². The van der Waals surface area contributed by atoms with Crippen LogP contribution in [0.4, 0.5) is 10.5 Å². The summed E-state index contributed by atoms with van der Waals surface area (Å²) >= 11 is 11.1. The molecule has 0 spiro atoms. The Kier molecular flexibility index (Phi) is 4.46. The first-order valence-corrected chi connectivity index (χ1v) is 4.98. The largest absolute Gasteiger partial charge is 0.465 e. The highest BCUT2D eigenvalue weighted by Gasteiger charge is 2.12. The predicted octanol–water partition coefficient (Wildman–Crippen LogP) is 3.58. The molecule has 0 radical (unpaired) electrons. The molecule has 15 heavy (non-hydrogen) atoms. The number of carboxylic acid groups (broad SMARTS) is 1. The summed E-state index contributed by atoms with van der Waals surface area (Å²) in [4.78, 5) is 12.1. The van der Waals surface area contributed by atoms with Crippen molar-refractivity contribution in [3.8, 4) is 0 Å². The van der Waals surface area contributed by atoms with Gasteiger partial charge >= 0.3 is 6.09 Å².